The van der Waals surface area contributed by atoms with E-state index in [9.17, 15) is 4.79 Å². The van der Waals surface area contributed by atoms with E-state index in [2.05, 4.69) is 36.9 Å². The lowest BCUT2D eigenvalue weighted by molar-refractivity contribution is -0.118. The number of carbonyl (C=O) groups is 1. The molecule has 0 saturated carbocycles. The summed E-state index contributed by atoms with van der Waals surface area (Å²) in [5.41, 5.74) is 2.17. The number of carbonyl (C=O) groups excluding carboxylic acids is 1. The van der Waals surface area contributed by atoms with Crippen molar-refractivity contribution >= 4 is 44.6 Å². The minimum absolute atomic E-state index is 0.0696. The van der Waals surface area contributed by atoms with Crippen LogP contribution in [0.25, 0.3) is 11.0 Å². The maximum Gasteiger partial charge on any atom is 0.230 e. The summed E-state index contributed by atoms with van der Waals surface area (Å²) in [4.78, 5) is 17.6. The molecule has 25 heavy (non-hydrogen) atoms. The Morgan fingerprint density at radius 2 is 1.96 bits per heavy atom. The molecule has 0 saturated heterocycles. The van der Waals surface area contributed by atoms with Crippen molar-refractivity contribution in [3.63, 3.8) is 0 Å². The Balaban J connectivity index is 1.42. The van der Waals surface area contributed by atoms with E-state index in [1.165, 1.54) is 0 Å². The van der Waals surface area contributed by atoms with Crippen LogP contribution in [-0.4, -0.2) is 27.8 Å². The van der Waals surface area contributed by atoms with Crippen LogP contribution in [0.5, 0.6) is 0 Å². The summed E-state index contributed by atoms with van der Waals surface area (Å²) < 4.78 is 3.25. The van der Waals surface area contributed by atoms with Crippen molar-refractivity contribution < 1.29 is 4.79 Å². The van der Waals surface area contributed by atoms with Gasteiger partial charge in [0, 0.05) is 22.5 Å². The van der Waals surface area contributed by atoms with Crippen LogP contribution in [0.3, 0.4) is 0 Å². The highest BCUT2D eigenvalue weighted by molar-refractivity contribution is 9.10. The molecular weight excluding hydrogens is 398 g/mol. The summed E-state index contributed by atoms with van der Waals surface area (Å²) in [6.45, 7) is 3.55. The van der Waals surface area contributed by atoms with E-state index in [1.54, 1.807) is 11.8 Å². The first-order chi connectivity index (χ1) is 12.1. The van der Waals surface area contributed by atoms with E-state index in [0.29, 0.717) is 12.3 Å². The normalized spacial score (nSPS) is 11.0. The third-order valence-corrected chi connectivity index (χ3v) is 5.45. The maximum absolute atomic E-state index is 12.0. The minimum atomic E-state index is 0.0696. The van der Waals surface area contributed by atoms with E-state index in [4.69, 9.17) is 0 Å². The number of nitrogens with one attached hydrogen (secondary N) is 1. The van der Waals surface area contributed by atoms with Crippen molar-refractivity contribution in [3.8, 4) is 0 Å². The predicted molar refractivity (Wildman–Crippen MR) is 107 cm³/mol. The summed E-state index contributed by atoms with van der Waals surface area (Å²) in [6.07, 6.45) is 0.885. The lowest BCUT2D eigenvalue weighted by Gasteiger charge is -2.08. The molecule has 1 heterocycles. The van der Waals surface area contributed by atoms with Gasteiger partial charge in [-0.15, -0.1) is 11.8 Å². The fourth-order valence-corrected chi connectivity index (χ4v) is 3.67. The molecule has 4 nitrogen and oxygen atoms in total. The van der Waals surface area contributed by atoms with Crippen molar-refractivity contribution in [2.75, 3.05) is 12.3 Å². The molecule has 0 bridgehead atoms. The molecule has 6 heteroatoms. The molecule has 0 aliphatic rings. The standard InChI is InChI=1S/C19H20BrN3OS/c1-14-22-17-5-2-3-6-18(17)23(14)12-4-11-21-19(24)13-25-16-9-7-15(20)8-10-16/h2-3,5-10H,4,11-13H2,1H3,(H,21,24). The topological polar surface area (TPSA) is 46.9 Å². The highest BCUT2D eigenvalue weighted by Crippen LogP contribution is 2.20. The molecule has 1 aromatic heterocycles. The predicted octanol–water partition coefficient (Wildman–Crippen LogP) is 4.41. The number of thioether (sulfide) groups is 1. The van der Waals surface area contributed by atoms with Crippen LogP contribution < -0.4 is 5.32 Å². The van der Waals surface area contributed by atoms with Gasteiger partial charge in [0.05, 0.1) is 16.8 Å². The van der Waals surface area contributed by atoms with E-state index in [-0.39, 0.29) is 5.91 Å². The quantitative estimate of drug-likeness (QED) is 0.457. The van der Waals surface area contributed by atoms with Gasteiger partial charge in [0.1, 0.15) is 5.82 Å². The zero-order chi connectivity index (χ0) is 17.6. The first-order valence-corrected chi connectivity index (χ1v) is 9.98. The van der Waals surface area contributed by atoms with Gasteiger partial charge in [-0.2, -0.15) is 0 Å². The monoisotopic (exact) mass is 417 g/mol. The third kappa shape index (κ3) is 4.86. The average Bonchev–Trinajstić information content (AvgIpc) is 2.93. The van der Waals surface area contributed by atoms with Crippen molar-refractivity contribution in [2.45, 2.75) is 24.8 Å². The molecule has 0 fully saturated rings. The maximum atomic E-state index is 12.0. The van der Waals surface area contributed by atoms with Gasteiger partial charge < -0.3 is 9.88 Å². The molecule has 0 spiro atoms. The molecule has 130 valence electrons. The Hall–Kier alpha value is -1.79. The van der Waals surface area contributed by atoms with E-state index < -0.39 is 0 Å². The number of fused-ring (bicyclic) bond motifs is 1. The van der Waals surface area contributed by atoms with Crippen LogP contribution in [0.15, 0.2) is 57.9 Å². The fourth-order valence-electron chi connectivity index (χ4n) is 2.67. The van der Waals surface area contributed by atoms with Gasteiger partial charge in [0.15, 0.2) is 0 Å². The van der Waals surface area contributed by atoms with Crippen molar-refractivity contribution in [3.05, 3.63) is 58.8 Å². The fraction of sp³-hybridized carbons (Fsp3) is 0.263. The molecule has 2 aromatic carbocycles. The number of para-hydroxylation sites is 2. The lowest BCUT2D eigenvalue weighted by atomic mass is 10.3. The number of halogens is 1. The van der Waals surface area contributed by atoms with Gasteiger partial charge in [-0.3, -0.25) is 4.79 Å². The lowest BCUT2D eigenvalue weighted by Crippen LogP contribution is -2.26. The third-order valence-electron chi connectivity index (χ3n) is 3.91. The Labute approximate surface area is 160 Å². The Kier molecular flexibility index (Phi) is 6.15. The van der Waals surface area contributed by atoms with Crippen molar-refractivity contribution in [1.29, 1.82) is 0 Å². The van der Waals surface area contributed by atoms with E-state index >= 15 is 0 Å². The van der Waals surface area contributed by atoms with Crippen LogP contribution in [0, 0.1) is 6.92 Å². The number of hydrogen-bond acceptors (Lipinski definition) is 3. The Morgan fingerprint density at radius 1 is 1.20 bits per heavy atom. The second-order valence-electron chi connectivity index (χ2n) is 5.75. The number of hydrogen-bond donors (Lipinski definition) is 1. The van der Waals surface area contributed by atoms with Gasteiger partial charge in [0.2, 0.25) is 5.91 Å². The summed E-state index contributed by atoms with van der Waals surface area (Å²) >= 11 is 4.96. The molecule has 0 aliphatic carbocycles. The van der Waals surface area contributed by atoms with Crippen LogP contribution in [-0.2, 0) is 11.3 Å². The highest BCUT2D eigenvalue weighted by Gasteiger charge is 2.07. The van der Waals surface area contributed by atoms with E-state index in [1.807, 2.05) is 49.4 Å². The van der Waals surface area contributed by atoms with Gasteiger partial charge in [-0.05, 0) is 49.7 Å². The van der Waals surface area contributed by atoms with Crippen molar-refractivity contribution in [2.24, 2.45) is 0 Å². The van der Waals surface area contributed by atoms with Gasteiger partial charge in [-0.1, -0.05) is 28.1 Å². The average molecular weight is 418 g/mol. The Morgan fingerprint density at radius 3 is 2.76 bits per heavy atom. The summed E-state index contributed by atoms with van der Waals surface area (Å²) in [5.74, 6) is 1.52. The second kappa shape index (κ2) is 8.54. The molecule has 0 unspecified atom stereocenters. The van der Waals surface area contributed by atoms with Crippen LogP contribution in [0.1, 0.15) is 12.2 Å². The largest absolute Gasteiger partial charge is 0.355 e. The first kappa shape index (κ1) is 18.0. The highest BCUT2D eigenvalue weighted by atomic mass is 79.9. The number of nitrogens with zero attached hydrogens (tertiary/aromatic N) is 2. The summed E-state index contributed by atoms with van der Waals surface area (Å²) in [5, 5.41) is 2.99. The first-order valence-electron chi connectivity index (χ1n) is 8.20. The number of amides is 1. The van der Waals surface area contributed by atoms with Gasteiger partial charge in [0.25, 0.3) is 0 Å². The molecule has 1 N–H and O–H groups in total. The molecule has 0 radical (unpaired) electrons. The van der Waals surface area contributed by atoms with Gasteiger partial charge in [-0.25, -0.2) is 4.98 Å². The Bertz CT molecular complexity index is 861. The molecule has 0 atom stereocenters. The molecule has 3 aromatic rings. The zero-order valence-corrected chi connectivity index (χ0v) is 16.4. The molecule has 1 amide bonds. The minimum Gasteiger partial charge on any atom is -0.355 e. The van der Waals surface area contributed by atoms with E-state index in [0.717, 1.165) is 39.2 Å². The summed E-state index contributed by atoms with van der Waals surface area (Å²) in [7, 11) is 0. The smallest absolute Gasteiger partial charge is 0.230 e. The van der Waals surface area contributed by atoms with Crippen LogP contribution in [0.2, 0.25) is 0 Å². The SMILES string of the molecule is Cc1nc2ccccc2n1CCCNC(=O)CSc1ccc(Br)cc1. The number of benzene rings is 2. The second-order valence-corrected chi connectivity index (χ2v) is 7.71. The molecular formula is C19H20BrN3OS. The van der Waals surface area contributed by atoms with Gasteiger partial charge >= 0.3 is 0 Å². The zero-order valence-electron chi connectivity index (χ0n) is 14.0. The number of imidazole rings is 1. The molecule has 3 rings (SSSR count). The summed E-state index contributed by atoms with van der Waals surface area (Å²) in [6, 6.07) is 16.1. The number of aromatic nitrogens is 2. The number of rotatable bonds is 7. The van der Waals surface area contributed by atoms with Crippen LogP contribution in [0.4, 0.5) is 0 Å². The van der Waals surface area contributed by atoms with Crippen molar-refractivity contribution in [1.82, 2.24) is 14.9 Å². The number of aryl methyl sites for hydroxylation is 2. The van der Waals surface area contributed by atoms with Crippen LogP contribution >= 0.6 is 27.7 Å². The molecule has 0 aliphatic heterocycles.